The zero-order valence-corrected chi connectivity index (χ0v) is 18.9. The van der Waals surface area contributed by atoms with Crippen molar-refractivity contribution in [1.82, 2.24) is 15.5 Å². The average Bonchev–Trinajstić information content (AvgIpc) is 3.05. The predicted octanol–water partition coefficient (Wildman–Crippen LogP) is 6.28. The summed E-state index contributed by atoms with van der Waals surface area (Å²) in [5.41, 5.74) is 0.217. The number of alkyl carbamates (subject to hydrolysis) is 1. The quantitative estimate of drug-likeness (QED) is 0.505. The van der Waals surface area contributed by atoms with Crippen molar-refractivity contribution in [1.29, 1.82) is 0 Å². The SMILES string of the molecule is CC[C@H](C)[C@H](NC(=O)OC(C)(C)C)c1nnc(SCc2c(Cl)cccc2Cl)o1. The van der Waals surface area contributed by atoms with Gasteiger partial charge < -0.3 is 14.5 Å². The Morgan fingerprint density at radius 2 is 1.93 bits per heavy atom. The Bertz CT molecular complexity index is 788. The molecule has 0 aliphatic carbocycles. The second kappa shape index (κ2) is 9.85. The van der Waals surface area contributed by atoms with Gasteiger partial charge in [0.2, 0.25) is 5.89 Å². The zero-order valence-electron chi connectivity index (χ0n) is 16.6. The first-order valence-electron chi connectivity index (χ1n) is 8.99. The monoisotopic (exact) mass is 445 g/mol. The van der Waals surface area contributed by atoms with Crippen molar-refractivity contribution >= 4 is 41.1 Å². The minimum atomic E-state index is -0.589. The summed E-state index contributed by atoms with van der Waals surface area (Å²) in [5.74, 6) is 0.921. The largest absolute Gasteiger partial charge is 0.444 e. The smallest absolute Gasteiger partial charge is 0.408 e. The van der Waals surface area contributed by atoms with Gasteiger partial charge in [-0.15, -0.1) is 10.2 Å². The maximum Gasteiger partial charge on any atom is 0.408 e. The number of nitrogens with one attached hydrogen (secondary N) is 1. The van der Waals surface area contributed by atoms with Gasteiger partial charge in [0, 0.05) is 15.8 Å². The number of hydrogen-bond donors (Lipinski definition) is 1. The number of aromatic nitrogens is 2. The van der Waals surface area contributed by atoms with E-state index in [1.807, 2.05) is 34.6 Å². The van der Waals surface area contributed by atoms with E-state index < -0.39 is 17.7 Å². The van der Waals surface area contributed by atoms with E-state index in [4.69, 9.17) is 32.4 Å². The Morgan fingerprint density at radius 1 is 1.29 bits per heavy atom. The van der Waals surface area contributed by atoms with E-state index in [2.05, 4.69) is 15.5 Å². The molecule has 1 N–H and O–H groups in total. The summed E-state index contributed by atoms with van der Waals surface area (Å²) < 4.78 is 11.1. The maximum atomic E-state index is 12.2. The molecule has 0 spiro atoms. The number of nitrogens with zero attached hydrogens (tertiary/aromatic N) is 2. The van der Waals surface area contributed by atoms with Crippen LogP contribution in [0.2, 0.25) is 10.0 Å². The molecule has 1 aromatic carbocycles. The third kappa shape index (κ3) is 6.57. The Morgan fingerprint density at radius 3 is 2.50 bits per heavy atom. The van der Waals surface area contributed by atoms with E-state index in [0.717, 1.165) is 12.0 Å². The van der Waals surface area contributed by atoms with E-state index in [1.165, 1.54) is 11.8 Å². The lowest BCUT2D eigenvalue weighted by Gasteiger charge is -2.24. The summed E-state index contributed by atoms with van der Waals surface area (Å²) in [7, 11) is 0. The molecule has 154 valence electrons. The van der Waals surface area contributed by atoms with Crippen LogP contribution in [0.5, 0.6) is 0 Å². The molecule has 0 aliphatic heterocycles. The molecule has 1 aromatic heterocycles. The van der Waals surface area contributed by atoms with E-state index in [-0.39, 0.29) is 5.92 Å². The first-order chi connectivity index (χ1) is 13.1. The molecule has 0 bridgehead atoms. The maximum absolute atomic E-state index is 12.2. The predicted molar refractivity (Wildman–Crippen MR) is 112 cm³/mol. The highest BCUT2D eigenvalue weighted by Gasteiger charge is 2.28. The van der Waals surface area contributed by atoms with Crippen LogP contribution in [0.1, 0.15) is 58.5 Å². The van der Waals surface area contributed by atoms with Crippen LogP contribution in [-0.4, -0.2) is 21.9 Å². The van der Waals surface area contributed by atoms with Crippen LogP contribution in [0.3, 0.4) is 0 Å². The number of amides is 1. The van der Waals surface area contributed by atoms with Crippen LogP contribution in [0, 0.1) is 5.92 Å². The number of carbonyl (C=O) groups is 1. The van der Waals surface area contributed by atoms with Crippen LogP contribution in [0.15, 0.2) is 27.8 Å². The number of benzene rings is 1. The van der Waals surface area contributed by atoms with Gasteiger partial charge in [-0.25, -0.2) is 4.79 Å². The molecule has 2 aromatic rings. The first-order valence-corrected chi connectivity index (χ1v) is 10.7. The Hall–Kier alpha value is -1.44. The van der Waals surface area contributed by atoms with Gasteiger partial charge >= 0.3 is 6.09 Å². The van der Waals surface area contributed by atoms with Crippen molar-refractivity contribution in [2.75, 3.05) is 0 Å². The minimum Gasteiger partial charge on any atom is -0.444 e. The van der Waals surface area contributed by atoms with Crippen LogP contribution < -0.4 is 5.32 Å². The molecule has 9 heteroatoms. The van der Waals surface area contributed by atoms with E-state index in [0.29, 0.717) is 26.9 Å². The summed E-state index contributed by atoms with van der Waals surface area (Å²) in [6, 6.07) is 4.92. The topological polar surface area (TPSA) is 77.2 Å². The molecule has 28 heavy (non-hydrogen) atoms. The second-order valence-corrected chi connectivity index (χ2v) is 9.15. The van der Waals surface area contributed by atoms with Gasteiger partial charge in [0.15, 0.2) is 0 Å². The molecule has 0 radical (unpaired) electrons. The fourth-order valence-electron chi connectivity index (χ4n) is 2.33. The highest BCUT2D eigenvalue weighted by atomic mass is 35.5. The van der Waals surface area contributed by atoms with E-state index >= 15 is 0 Å². The van der Waals surface area contributed by atoms with Gasteiger partial charge in [-0.2, -0.15) is 0 Å². The molecule has 0 unspecified atom stereocenters. The van der Waals surface area contributed by atoms with E-state index in [1.54, 1.807) is 18.2 Å². The fourth-order valence-corrected chi connectivity index (χ4v) is 3.84. The minimum absolute atomic E-state index is 0.0869. The second-order valence-electron chi connectivity index (χ2n) is 7.40. The molecule has 6 nitrogen and oxygen atoms in total. The lowest BCUT2D eigenvalue weighted by Crippen LogP contribution is -2.37. The molecular formula is C19H25Cl2N3O3S. The van der Waals surface area contributed by atoms with Crippen LogP contribution >= 0.6 is 35.0 Å². The first kappa shape index (κ1) is 22.8. The van der Waals surface area contributed by atoms with Crippen molar-refractivity contribution in [3.8, 4) is 0 Å². The standard InChI is InChI=1S/C19H25Cl2N3O3S/c1-6-11(2)15(22-17(25)27-19(3,4)5)16-23-24-18(26-16)28-10-12-13(20)8-7-9-14(12)21/h7-9,11,15H,6,10H2,1-5H3,(H,22,25)/t11-,15-/m0/s1. The highest BCUT2D eigenvalue weighted by molar-refractivity contribution is 7.98. The van der Waals surface area contributed by atoms with Crippen LogP contribution in [0.4, 0.5) is 4.79 Å². The highest BCUT2D eigenvalue weighted by Crippen LogP contribution is 2.32. The van der Waals surface area contributed by atoms with Gasteiger partial charge in [-0.3, -0.25) is 0 Å². The van der Waals surface area contributed by atoms with Gasteiger partial charge in [0.05, 0.1) is 0 Å². The Kier molecular flexibility index (Phi) is 8.04. The third-order valence-electron chi connectivity index (χ3n) is 3.98. The molecule has 2 rings (SSSR count). The molecule has 0 saturated heterocycles. The molecule has 0 fully saturated rings. The average molecular weight is 446 g/mol. The number of hydrogen-bond acceptors (Lipinski definition) is 6. The molecule has 2 atom stereocenters. The zero-order chi connectivity index (χ0) is 20.9. The van der Waals surface area contributed by atoms with Gasteiger partial charge in [-0.1, -0.05) is 61.3 Å². The fraction of sp³-hybridized carbons (Fsp3) is 0.526. The van der Waals surface area contributed by atoms with Gasteiger partial charge in [0.1, 0.15) is 11.6 Å². The van der Waals surface area contributed by atoms with Gasteiger partial charge in [-0.05, 0) is 44.4 Å². The summed E-state index contributed by atoms with van der Waals surface area (Å²) in [5, 5.41) is 12.6. The lowest BCUT2D eigenvalue weighted by atomic mass is 9.99. The number of ether oxygens (including phenoxy) is 1. The number of rotatable bonds is 7. The van der Waals surface area contributed by atoms with Crippen molar-refractivity contribution in [3.63, 3.8) is 0 Å². The molecule has 1 heterocycles. The summed E-state index contributed by atoms with van der Waals surface area (Å²) in [6.45, 7) is 9.47. The van der Waals surface area contributed by atoms with Crippen molar-refractivity contribution in [3.05, 3.63) is 39.7 Å². The molecular weight excluding hydrogens is 421 g/mol. The molecule has 0 aliphatic rings. The van der Waals surface area contributed by atoms with Crippen molar-refractivity contribution in [2.24, 2.45) is 5.92 Å². The Balaban J connectivity index is 2.10. The lowest BCUT2D eigenvalue weighted by molar-refractivity contribution is 0.0474. The van der Waals surface area contributed by atoms with Crippen LogP contribution in [0.25, 0.3) is 0 Å². The number of thioether (sulfide) groups is 1. The number of halogens is 2. The third-order valence-corrected chi connectivity index (χ3v) is 5.53. The van der Waals surface area contributed by atoms with E-state index in [9.17, 15) is 4.79 Å². The van der Waals surface area contributed by atoms with Crippen LogP contribution in [-0.2, 0) is 10.5 Å². The molecule has 1 amide bonds. The molecule has 0 saturated carbocycles. The Labute approximate surface area is 179 Å². The summed E-state index contributed by atoms with van der Waals surface area (Å²) >= 11 is 13.7. The normalized spacial score (nSPS) is 13.8. The van der Waals surface area contributed by atoms with Gasteiger partial charge in [0.25, 0.3) is 5.22 Å². The van der Waals surface area contributed by atoms with Crippen molar-refractivity contribution < 1.29 is 13.9 Å². The van der Waals surface area contributed by atoms with Crippen molar-refractivity contribution in [2.45, 2.75) is 63.7 Å². The number of carbonyl (C=O) groups excluding carboxylic acids is 1. The summed E-state index contributed by atoms with van der Waals surface area (Å²) in [4.78, 5) is 12.2. The summed E-state index contributed by atoms with van der Waals surface area (Å²) in [6.07, 6.45) is 0.300.